The van der Waals surface area contributed by atoms with Crippen LogP contribution >= 0.6 is 0 Å². The summed E-state index contributed by atoms with van der Waals surface area (Å²) in [5.74, 6) is 0.860. The summed E-state index contributed by atoms with van der Waals surface area (Å²) in [7, 11) is 3.72. The molecule has 1 saturated carbocycles. The number of aliphatic hydroxyl groups is 1. The number of carbonyl (C=O) groups excluding carboxylic acids is 1. The summed E-state index contributed by atoms with van der Waals surface area (Å²) in [6, 6.07) is 5.60. The third kappa shape index (κ3) is 2.61. The van der Waals surface area contributed by atoms with Gasteiger partial charge in [0.15, 0.2) is 0 Å². The highest BCUT2D eigenvalue weighted by Crippen LogP contribution is 2.30. The van der Waals surface area contributed by atoms with Crippen LogP contribution in [0.4, 0.5) is 0 Å². The summed E-state index contributed by atoms with van der Waals surface area (Å²) >= 11 is 0. The molecule has 3 rings (SSSR count). The fraction of sp³-hybridized carbons (Fsp3) is 0.529. The Hall–Kier alpha value is -1.88. The van der Waals surface area contributed by atoms with E-state index in [0.717, 1.165) is 42.5 Å². The minimum atomic E-state index is -0.712. The minimum absolute atomic E-state index is 0.0643. The highest BCUT2D eigenvalue weighted by atomic mass is 16.3. The molecule has 2 aromatic rings. The monoisotopic (exact) mass is 301 g/mol. The van der Waals surface area contributed by atoms with Gasteiger partial charge in [-0.2, -0.15) is 0 Å². The Bertz CT molecular complexity index is 714. The Morgan fingerprint density at radius 3 is 2.77 bits per heavy atom. The maximum Gasteiger partial charge on any atom is 0.253 e. The van der Waals surface area contributed by atoms with Crippen LogP contribution in [0.2, 0.25) is 0 Å². The lowest BCUT2D eigenvalue weighted by Gasteiger charge is -2.28. The molecule has 5 heteroatoms. The smallest absolute Gasteiger partial charge is 0.253 e. The Labute approximate surface area is 130 Å². The number of amides is 1. The average Bonchev–Trinajstić information content (AvgIpc) is 3.02. The maximum absolute atomic E-state index is 12.6. The molecule has 1 aliphatic carbocycles. The molecule has 0 atom stereocenters. The van der Waals surface area contributed by atoms with Gasteiger partial charge in [0, 0.05) is 26.2 Å². The molecule has 0 bridgehead atoms. The van der Waals surface area contributed by atoms with Gasteiger partial charge < -0.3 is 14.6 Å². The van der Waals surface area contributed by atoms with Gasteiger partial charge in [0.05, 0.1) is 16.6 Å². The van der Waals surface area contributed by atoms with Crippen LogP contribution in [0.1, 0.15) is 41.9 Å². The summed E-state index contributed by atoms with van der Waals surface area (Å²) in [4.78, 5) is 18.7. The zero-order valence-electron chi connectivity index (χ0n) is 13.5. The van der Waals surface area contributed by atoms with Crippen LogP contribution in [0, 0.1) is 6.92 Å². The lowest BCUT2D eigenvalue weighted by molar-refractivity contribution is 0.0157. The van der Waals surface area contributed by atoms with E-state index in [1.54, 1.807) is 11.9 Å². The molecule has 0 aliphatic heterocycles. The van der Waals surface area contributed by atoms with E-state index in [9.17, 15) is 9.90 Å². The lowest BCUT2D eigenvalue weighted by Crippen LogP contribution is -2.42. The molecule has 0 saturated heterocycles. The summed E-state index contributed by atoms with van der Waals surface area (Å²) in [5.41, 5.74) is 1.76. The zero-order valence-corrected chi connectivity index (χ0v) is 13.5. The number of hydrogen-bond donors (Lipinski definition) is 1. The number of benzene rings is 1. The number of fused-ring (bicyclic) bond motifs is 1. The lowest BCUT2D eigenvalue weighted by atomic mass is 10.0. The molecule has 0 spiro atoms. The Kier molecular flexibility index (Phi) is 3.68. The molecule has 0 unspecified atom stereocenters. The largest absolute Gasteiger partial charge is 0.388 e. The molecule has 1 amide bonds. The summed E-state index contributed by atoms with van der Waals surface area (Å²) in [6.07, 6.45) is 3.64. The summed E-state index contributed by atoms with van der Waals surface area (Å²) < 4.78 is 2.01. The van der Waals surface area contributed by atoms with Gasteiger partial charge in [-0.3, -0.25) is 4.79 Å². The molecular formula is C17H23N3O2. The number of imidazole rings is 1. The van der Waals surface area contributed by atoms with Crippen molar-refractivity contribution < 1.29 is 9.90 Å². The average molecular weight is 301 g/mol. The van der Waals surface area contributed by atoms with Gasteiger partial charge in [-0.05, 0) is 38.0 Å². The highest BCUT2D eigenvalue weighted by molar-refractivity contribution is 5.97. The molecule has 1 aromatic carbocycles. The molecule has 5 nitrogen and oxygen atoms in total. The van der Waals surface area contributed by atoms with Crippen molar-refractivity contribution in [1.82, 2.24) is 14.5 Å². The minimum Gasteiger partial charge on any atom is -0.388 e. The third-order valence-corrected chi connectivity index (χ3v) is 4.76. The van der Waals surface area contributed by atoms with Crippen molar-refractivity contribution in [1.29, 1.82) is 0 Å². The maximum atomic E-state index is 12.6. The highest BCUT2D eigenvalue weighted by Gasteiger charge is 2.33. The van der Waals surface area contributed by atoms with Crippen molar-refractivity contribution in [3.8, 4) is 0 Å². The SMILES string of the molecule is Cc1nc2cc(C(=O)N(C)CC3(O)CCCC3)ccc2n1C. The Morgan fingerprint density at radius 1 is 1.41 bits per heavy atom. The molecule has 22 heavy (non-hydrogen) atoms. The van der Waals surface area contributed by atoms with Gasteiger partial charge in [-0.1, -0.05) is 12.8 Å². The fourth-order valence-electron chi connectivity index (χ4n) is 3.38. The van der Waals surface area contributed by atoms with Crippen LogP contribution in [0.15, 0.2) is 18.2 Å². The van der Waals surface area contributed by atoms with Gasteiger partial charge in [-0.25, -0.2) is 4.98 Å². The van der Waals surface area contributed by atoms with Gasteiger partial charge >= 0.3 is 0 Å². The van der Waals surface area contributed by atoms with E-state index in [0.29, 0.717) is 12.1 Å². The van der Waals surface area contributed by atoms with E-state index < -0.39 is 5.60 Å². The van der Waals surface area contributed by atoms with Gasteiger partial charge in [0.2, 0.25) is 0 Å². The molecule has 1 aromatic heterocycles. The number of carbonyl (C=O) groups is 1. The number of aryl methyl sites for hydroxylation is 2. The van der Waals surface area contributed by atoms with Crippen molar-refractivity contribution in [2.45, 2.75) is 38.2 Å². The normalized spacial score (nSPS) is 17.1. The van der Waals surface area contributed by atoms with E-state index in [-0.39, 0.29) is 5.91 Å². The molecule has 1 fully saturated rings. The van der Waals surface area contributed by atoms with Crippen LogP contribution in [0.3, 0.4) is 0 Å². The first-order chi connectivity index (χ1) is 10.4. The second kappa shape index (κ2) is 5.39. The van der Waals surface area contributed by atoms with Crippen molar-refractivity contribution in [2.75, 3.05) is 13.6 Å². The van der Waals surface area contributed by atoms with Crippen LogP contribution in [-0.2, 0) is 7.05 Å². The molecule has 1 N–H and O–H groups in total. The van der Waals surface area contributed by atoms with E-state index >= 15 is 0 Å². The first-order valence-electron chi connectivity index (χ1n) is 7.81. The van der Waals surface area contributed by atoms with Gasteiger partial charge in [0.25, 0.3) is 5.91 Å². The first kappa shape index (κ1) is 15.0. The molecule has 1 heterocycles. The van der Waals surface area contributed by atoms with Crippen molar-refractivity contribution in [3.05, 3.63) is 29.6 Å². The van der Waals surface area contributed by atoms with Gasteiger partial charge in [0.1, 0.15) is 5.82 Å². The second-order valence-electron chi connectivity index (χ2n) is 6.51. The number of rotatable bonds is 3. The quantitative estimate of drug-likeness (QED) is 0.946. The fourth-order valence-corrected chi connectivity index (χ4v) is 3.38. The van der Waals surface area contributed by atoms with E-state index in [1.165, 1.54) is 0 Å². The molecule has 0 radical (unpaired) electrons. The number of likely N-dealkylation sites (N-methyl/N-ethyl adjacent to an activating group) is 1. The third-order valence-electron chi connectivity index (χ3n) is 4.76. The van der Waals surface area contributed by atoms with Crippen molar-refractivity contribution >= 4 is 16.9 Å². The van der Waals surface area contributed by atoms with Crippen LogP contribution in [0.5, 0.6) is 0 Å². The summed E-state index contributed by atoms with van der Waals surface area (Å²) in [6.45, 7) is 2.34. The molecular weight excluding hydrogens is 278 g/mol. The number of nitrogens with zero attached hydrogens (tertiary/aromatic N) is 3. The van der Waals surface area contributed by atoms with E-state index in [1.807, 2.05) is 36.7 Å². The zero-order chi connectivity index (χ0) is 15.9. The Morgan fingerprint density at radius 2 is 2.09 bits per heavy atom. The topological polar surface area (TPSA) is 58.4 Å². The first-order valence-corrected chi connectivity index (χ1v) is 7.81. The Balaban J connectivity index is 1.82. The van der Waals surface area contributed by atoms with Crippen LogP contribution in [0.25, 0.3) is 11.0 Å². The predicted molar refractivity (Wildman–Crippen MR) is 85.8 cm³/mol. The van der Waals surface area contributed by atoms with E-state index in [4.69, 9.17) is 0 Å². The standard InChI is InChI=1S/C17H23N3O2/c1-12-18-14-10-13(6-7-15(14)20(12)3)16(21)19(2)11-17(22)8-4-5-9-17/h6-7,10,22H,4-5,8-9,11H2,1-3H3. The number of aromatic nitrogens is 2. The number of hydrogen-bond acceptors (Lipinski definition) is 3. The van der Waals surface area contributed by atoms with Crippen molar-refractivity contribution in [2.24, 2.45) is 7.05 Å². The summed E-state index contributed by atoms with van der Waals surface area (Å²) in [5, 5.41) is 10.5. The molecule has 118 valence electrons. The predicted octanol–water partition coefficient (Wildman–Crippen LogP) is 2.26. The second-order valence-corrected chi connectivity index (χ2v) is 6.51. The molecule has 1 aliphatic rings. The van der Waals surface area contributed by atoms with Crippen LogP contribution in [-0.4, -0.2) is 44.7 Å². The van der Waals surface area contributed by atoms with Crippen molar-refractivity contribution in [3.63, 3.8) is 0 Å². The van der Waals surface area contributed by atoms with Gasteiger partial charge in [-0.15, -0.1) is 0 Å². The van der Waals surface area contributed by atoms with Crippen LogP contribution < -0.4 is 0 Å². The van der Waals surface area contributed by atoms with E-state index in [2.05, 4.69) is 4.98 Å².